The molecule has 1 N–H and O–H groups in total. The first-order chi connectivity index (χ1) is 8.49. The van der Waals surface area contributed by atoms with Crippen LogP contribution in [-0.2, 0) is 4.74 Å². The molecule has 0 aliphatic heterocycles. The number of benzene rings is 1. The Morgan fingerprint density at radius 2 is 2.17 bits per heavy atom. The molecule has 0 saturated carbocycles. The number of carbonyl (C=O) groups excluding carboxylic acids is 1. The lowest BCUT2D eigenvalue weighted by Crippen LogP contribution is -2.35. The van der Waals surface area contributed by atoms with Crippen LogP contribution in [0.2, 0.25) is 5.02 Å². The molecule has 0 radical (unpaired) electrons. The Kier molecular flexibility index (Phi) is 6.17. The van der Waals surface area contributed by atoms with Crippen molar-refractivity contribution in [3.63, 3.8) is 0 Å². The molecule has 4 nitrogen and oxygen atoms in total. The molecule has 0 unspecified atom stereocenters. The molecule has 6 heteroatoms. The standard InChI is InChI=1S/C12H15ClINO3/c1-7(6-17-2)15-12(16)8-4-9(13)10(14)5-11(8)18-3/h4-5,7H,6H2,1-3H3,(H,15,16)/t7-/m1/s1. The van der Waals surface area contributed by atoms with Crippen molar-refractivity contribution in [3.8, 4) is 5.75 Å². The van der Waals surface area contributed by atoms with E-state index < -0.39 is 0 Å². The third-order valence-electron chi connectivity index (χ3n) is 2.28. The van der Waals surface area contributed by atoms with Crippen LogP contribution in [0.25, 0.3) is 0 Å². The van der Waals surface area contributed by atoms with Crippen LogP contribution in [-0.4, -0.2) is 32.8 Å². The zero-order valence-corrected chi connectivity index (χ0v) is 13.3. The molecule has 1 atom stereocenters. The maximum Gasteiger partial charge on any atom is 0.255 e. The van der Waals surface area contributed by atoms with Crippen molar-refractivity contribution in [3.05, 3.63) is 26.3 Å². The summed E-state index contributed by atoms with van der Waals surface area (Å²) in [5.41, 5.74) is 0.422. The van der Waals surface area contributed by atoms with E-state index in [0.717, 1.165) is 3.57 Å². The predicted molar refractivity (Wildman–Crippen MR) is 79.5 cm³/mol. The number of ether oxygens (including phenoxy) is 2. The molecular formula is C12H15ClINO3. The Labute approximate surface area is 125 Å². The van der Waals surface area contributed by atoms with Gasteiger partial charge in [-0.3, -0.25) is 4.79 Å². The third-order valence-corrected chi connectivity index (χ3v) is 3.81. The van der Waals surface area contributed by atoms with E-state index in [-0.39, 0.29) is 11.9 Å². The minimum absolute atomic E-state index is 0.0785. The molecule has 0 aromatic heterocycles. The molecule has 0 aliphatic carbocycles. The van der Waals surface area contributed by atoms with Crippen LogP contribution in [0.5, 0.6) is 5.75 Å². The molecule has 100 valence electrons. The predicted octanol–water partition coefficient (Wildman–Crippen LogP) is 2.72. The zero-order chi connectivity index (χ0) is 13.7. The SMILES string of the molecule is COC[C@@H](C)NC(=O)c1cc(Cl)c(I)cc1OC. The average Bonchev–Trinajstić information content (AvgIpc) is 2.32. The van der Waals surface area contributed by atoms with Gasteiger partial charge in [0.1, 0.15) is 5.75 Å². The van der Waals surface area contributed by atoms with Crippen molar-refractivity contribution in [1.82, 2.24) is 5.32 Å². The fourth-order valence-electron chi connectivity index (χ4n) is 1.47. The quantitative estimate of drug-likeness (QED) is 0.796. The number of halogens is 2. The van der Waals surface area contributed by atoms with Crippen molar-refractivity contribution < 1.29 is 14.3 Å². The van der Waals surface area contributed by atoms with E-state index in [4.69, 9.17) is 21.1 Å². The van der Waals surface area contributed by atoms with E-state index in [1.165, 1.54) is 7.11 Å². The zero-order valence-electron chi connectivity index (χ0n) is 10.4. The molecule has 18 heavy (non-hydrogen) atoms. The van der Waals surface area contributed by atoms with E-state index in [1.54, 1.807) is 19.2 Å². The summed E-state index contributed by atoms with van der Waals surface area (Å²) in [5.74, 6) is 0.278. The van der Waals surface area contributed by atoms with Gasteiger partial charge >= 0.3 is 0 Å². The highest BCUT2D eigenvalue weighted by molar-refractivity contribution is 14.1. The second kappa shape index (κ2) is 7.16. The fourth-order valence-corrected chi connectivity index (χ4v) is 2.07. The molecule has 1 aromatic carbocycles. The third kappa shape index (κ3) is 4.00. The van der Waals surface area contributed by atoms with Gasteiger partial charge in [-0.2, -0.15) is 0 Å². The van der Waals surface area contributed by atoms with Crippen molar-refractivity contribution in [1.29, 1.82) is 0 Å². The van der Waals surface area contributed by atoms with Gasteiger partial charge < -0.3 is 14.8 Å². The van der Waals surface area contributed by atoms with Crippen LogP contribution in [0.15, 0.2) is 12.1 Å². The Morgan fingerprint density at radius 3 is 2.72 bits per heavy atom. The number of amides is 1. The highest BCUT2D eigenvalue weighted by Crippen LogP contribution is 2.28. The monoisotopic (exact) mass is 383 g/mol. The van der Waals surface area contributed by atoms with Gasteiger partial charge in [-0.05, 0) is 41.6 Å². The number of nitrogens with one attached hydrogen (secondary N) is 1. The smallest absolute Gasteiger partial charge is 0.255 e. The highest BCUT2D eigenvalue weighted by Gasteiger charge is 2.16. The van der Waals surface area contributed by atoms with Gasteiger partial charge in [-0.1, -0.05) is 11.6 Å². The molecule has 0 heterocycles. The second-order valence-electron chi connectivity index (χ2n) is 3.80. The first-order valence-corrected chi connectivity index (χ1v) is 6.78. The van der Waals surface area contributed by atoms with Gasteiger partial charge in [0.05, 0.1) is 24.3 Å². The Morgan fingerprint density at radius 1 is 1.50 bits per heavy atom. The number of hydrogen-bond donors (Lipinski definition) is 1. The number of hydrogen-bond acceptors (Lipinski definition) is 3. The summed E-state index contributed by atoms with van der Waals surface area (Å²) in [6, 6.07) is 3.26. The van der Waals surface area contributed by atoms with E-state index in [9.17, 15) is 4.79 Å². The average molecular weight is 384 g/mol. The van der Waals surface area contributed by atoms with E-state index in [2.05, 4.69) is 27.9 Å². The van der Waals surface area contributed by atoms with Crippen LogP contribution < -0.4 is 10.1 Å². The Balaban J connectivity index is 2.94. The molecule has 0 saturated heterocycles. The van der Waals surface area contributed by atoms with Crippen molar-refractivity contribution in [2.24, 2.45) is 0 Å². The van der Waals surface area contributed by atoms with E-state index in [1.807, 2.05) is 6.92 Å². The Bertz CT molecular complexity index is 440. The van der Waals surface area contributed by atoms with Crippen LogP contribution in [0.4, 0.5) is 0 Å². The summed E-state index contributed by atoms with van der Waals surface area (Å²) in [6.07, 6.45) is 0. The Hall–Kier alpha value is -0.530. The van der Waals surface area contributed by atoms with E-state index >= 15 is 0 Å². The fraction of sp³-hybridized carbons (Fsp3) is 0.417. The summed E-state index contributed by atoms with van der Waals surface area (Å²) < 4.78 is 11.0. The lowest BCUT2D eigenvalue weighted by Gasteiger charge is -2.15. The van der Waals surface area contributed by atoms with Gasteiger partial charge in [-0.25, -0.2) is 0 Å². The van der Waals surface area contributed by atoms with Crippen molar-refractivity contribution in [2.75, 3.05) is 20.8 Å². The van der Waals surface area contributed by atoms with Gasteiger partial charge in [0, 0.05) is 16.7 Å². The molecule has 1 amide bonds. The summed E-state index contributed by atoms with van der Waals surface area (Å²) in [7, 11) is 3.11. The number of rotatable bonds is 5. The molecule has 1 aromatic rings. The first kappa shape index (κ1) is 15.5. The van der Waals surface area contributed by atoms with Crippen LogP contribution in [0.1, 0.15) is 17.3 Å². The van der Waals surface area contributed by atoms with Crippen molar-refractivity contribution >= 4 is 40.1 Å². The number of carbonyl (C=O) groups is 1. The van der Waals surface area contributed by atoms with Gasteiger partial charge in [0.2, 0.25) is 0 Å². The van der Waals surface area contributed by atoms with Gasteiger partial charge in [0.15, 0.2) is 0 Å². The lowest BCUT2D eigenvalue weighted by molar-refractivity contribution is 0.0902. The lowest BCUT2D eigenvalue weighted by atomic mass is 10.1. The van der Waals surface area contributed by atoms with E-state index in [0.29, 0.717) is 22.9 Å². The topological polar surface area (TPSA) is 47.6 Å². The molecular weight excluding hydrogens is 368 g/mol. The van der Waals surface area contributed by atoms with Crippen LogP contribution in [0.3, 0.4) is 0 Å². The minimum atomic E-state index is -0.227. The van der Waals surface area contributed by atoms with Crippen LogP contribution >= 0.6 is 34.2 Å². The van der Waals surface area contributed by atoms with Gasteiger partial charge in [0.25, 0.3) is 5.91 Å². The van der Waals surface area contributed by atoms with Gasteiger partial charge in [-0.15, -0.1) is 0 Å². The van der Waals surface area contributed by atoms with Crippen LogP contribution in [0, 0.1) is 3.57 Å². The largest absolute Gasteiger partial charge is 0.496 e. The van der Waals surface area contributed by atoms with Crippen molar-refractivity contribution in [2.45, 2.75) is 13.0 Å². The number of methoxy groups -OCH3 is 2. The molecule has 0 fully saturated rings. The molecule has 0 bridgehead atoms. The maximum absolute atomic E-state index is 12.1. The second-order valence-corrected chi connectivity index (χ2v) is 5.37. The minimum Gasteiger partial charge on any atom is -0.496 e. The summed E-state index contributed by atoms with van der Waals surface area (Å²) in [5, 5.41) is 3.34. The maximum atomic E-state index is 12.1. The molecule has 0 aliphatic rings. The summed E-state index contributed by atoms with van der Waals surface area (Å²) in [4.78, 5) is 12.1. The molecule has 1 rings (SSSR count). The highest BCUT2D eigenvalue weighted by atomic mass is 127. The molecule has 0 spiro atoms. The summed E-state index contributed by atoms with van der Waals surface area (Å²) >= 11 is 8.11. The normalized spacial score (nSPS) is 12.1. The first-order valence-electron chi connectivity index (χ1n) is 5.32. The summed E-state index contributed by atoms with van der Waals surface area (Å²) in [6.45, 7) is 2.31.